The third-order valence-electron chi connectivity index (χ3n) is 3.31. The quantitative estimate of drug-likeness (QED) is 0.915. The summed E-state index contributed by atoms with van der Waals surface area (Å²) in [6, 6.07) is 4.94. The van der Waals surface area contributed by atoms with E-state index in [1.54, 1.807) is 19.1 Å². The lowest BCUT2D eigenvalue weighted by Crippen LogP contribution is -2.20. The van der Waals surface area contributed by atoms with E-state index in [1.165, 1.54) is 25.3 Å². The smallest absolute Gasteiger partial charge is 0.238 e. The normalized spacial score (nSPS) is 17.7. The molecule has 0 amide bonds. The van der Waals surface area contributed by atoms with Crippen molar-refractivity contribution in [2.75, 3.05) is 0 Å². The van der Waals surface area contributed by atoms with Gasteiger partial charge in [-0.2, -0.15) is 0 Å². The molecular weight excluding hydrogens is 250 g/mol. The van der Waals surface area contributed by atoms with Gasteiger partial charge in [0.1, 0.15) is 5.75 Å². The van der Waals surface area contributed by atoms with Gasteiger partial charge in [-0.25, -0.2) is 13.6 Å². The minimum absolute atomic E-state index is 0.165. The van der Waals surface area contributed by atoms with Gasteiger partial charge in [0.15, 0.2) is 0 Å². The Bertz CT molecular complexity index is 519. The Morgan fingerprint density at radius 3 is 2.44 bits per heavy atom. The van der Waals surface area contributed by atoms with E-state index in [-0.39, 0.29) is 11.0 Å². The van der Waals surface area contributed by atoms with Crippen LogP contribution in [-0.4, -0.2) is 14.5 Å². The average Bonchev–Trinajstić information content (AvgIpc) is 2.28. The van der Waals surface area contributed by atoms with Crippen molar-refractivity contribution in [2.45, 2.75) is 50.0 Å². The van der Waals surface area contributed by atoms with Gasteiger partial charge in [-0.05, 0) is 56.4 Å². The lowest BCUT2D eigenvalue weighted by atomic mass is 9.98. The predicted octanol–water partition coefficient (Wildman–Crippen LogP) is 2.35. The Kier molecular flexibility index (Phi) is 3.92. The molecule has 0 radical (unpaired) electrons. The van der Waals surface area contributed by atoms with E-state index >= 15 is 0 Å². The molecule has 0 atom stereocenters. The zero-order valence-corrected chi connectivity index (χ0v) is 11.4. The van der Waals surface area contributed by atoms with Gasteiger partial charge in [0, 0.05) is 0 Å². The number of hydrogen-bond donors (Lipinski definition) is 1. The largest absolute Gasteiger partial charge is 0.490 e. The fourth-order valence-corrected chi connectivity index (χ4v) is 3.16. The Morgan fingerprint density at radius 1 is 1.22 bits per heavy atom. The van der Waals surface area contributed by atoms with Crippen LogP contribution in [0, 0.1) is 6.92 Å². The molecule has 0 bridgehead atoms. The summed E-state index contributed by atoms with van der Waals surface area (Å²) >= 11 is 0. The van der Waals surface area contributed by atoms with Crippen molar-refractivity contribution in [3.63, 3.8) is 0 Å². The maximum absolute atomic E-state index is 11.3. The topological polar surface area (TPSA) is 69.4 Å². The molecule has 1 aliphatic carbocycles. The highest BCUT2D eigenvalue weighted by Gasteiger charge is 2.16. The highest BCUT2D eigenvalue weighted by molar-refractivity contribution is 7.89. The highest BCUT2D eigenvalue weighted by Crippen LogP contribution is 2.25. The summed E-state index contributed by atoms with van der Waals surface area (Å²) in [7, 11) is -3.64. The van der Waals surface area contributed by atoms with Gasteiger partial charge in [-0.3, -0.25) is 0 Å². The second kappa shape index (κ2) is 5.28. The van der Waals surface area contributed by atoms with Gasteiger partial charge in [0.05, 0.1) is 11.0 Å². The van der Waals surface area contributed by atoms with Crippen LogP contribution in [0.3, 0.4) is 0 Å². The third-order valence-corrected chi connectivity index (χ3v) is 4.38. The van der Waals surface area contributed by atoms with Crippen molar-refractivity contribution in [3.05, 3.63) is 23.8 Å². The molecule has 0 heterocycles. The molecule has 0 aliphatic heterocycles. The number of ether oxygens (including phenoxy) is 1. The van der Waals surface area contributed by atoms with Crippen LogP contribution < -0.4 is 9.88 Å². The number of rotatable bonds is 3. The van der Waals surface area contributed by atoms with Crippen LogP contribution in [0.5, 0.6) is 5.75 Å². The minimum Gasteiger partial charge on any atom is -0.490 e. The summed E-state index contributed by atoms with van der Waals surface area (Å²) in [5.74, 6) is 0.729. The van der Waals surface area contributed by atoms with Gasteiger partial charge in [0.2, 0.25) is 10.0 Å². The lowest BCUT2D eigenvalue weighted by Gasteiger charge is -2.23. The summed E-state index contributed by atoms with van der Waals surface area (Å²) in [6.07, 6.45) is 6.12. The van der Waals surface area contributed by atoms with Crippen molar-refractivity contribution in [3.8, 4) is 5.75 Å². The number of aryl methyl sites for hydroxylation is 1. The van der Waals surface area contributed by atoms with Crippen molar-refractivity contribution in [1.82, 2.24) is 0 Å². The zero-order valence-electron chi connectivity index (χ0n) is 10.6. The average molecular weight is 269 g/mol. The molecule has 0 unspecified atom stereocenters. The SMILES string of the molecule is Cc1cc(OC2CCCCC2)ccc1S(N)(=O)=O. The Morgan fingerprint density at radius 2 is 1.89 bits per heavy atom. The van der Waals surface area contributed by atoms with Crippen molar-refractivity contribution in [2.24, 2.45) is 5.14 Å². The molecule has 18 heavy (non-hydrogen) atoms. The number of benzene rings is 1. The van der Waals surface area contributed by atoms with Crippen molar-refractivity contribution in [1.29, 1.82) is 0 Å². The molecule has 1 aliphatic rings. The molecule has 0 aromatic heterocycles. The summed E-state index contributed by atoms with van der Waals surface area (Å²) in [5.41, 5.74) is 0.630. The van der Waals surface area contributed by atoms with Crippen LogP contribution in [0.1, 0.15) is 37.7 Å². The van der Waals surface area contributed by atoms with E-state index in [9.17, 15) is 8.42 Å². The Hall–Kier alpha value is -1.07. The first-order valence-electron chi connectivity index (χ1n) is 6.27. The molecule has 0 saturated heterocycles. The molecule has 100 valence electrons. The summed E-state index contributed by atoms with van der Waals surface area (Å²) < 4.78 is 28.5. The molecule has 1 aromatic rings. The number of primary sulfonamides is 1. The van der Waals surface area contributed by atoms with E-state index in [0.717, 1.165) is 18.6 Å². The monoisotopic (exact) mass is 269 g/mol. The van der Waals surface area contributed by atoms with Gasteiger partial charge < -0.3 is 4.74 Å². The van der Waals surface area contributed by atoms with Crippen LogP contribution >= 0.6 is 0 Å². The molecule has 5 heteroatoms. The highest BCUT2D eigenvalue weighted by atomic mass is 32.2. The minimum atomic E-state index is -3.64. The standard InChI is InChI=1S/C13H19NO3S/c1-10-9-12(7-8-13(10)18(14,15)16)17-11-5-3-2-4-6-11/h7-9,11H,2-6H2,1H3,(H2,14,15,16). The maximum Gasteiger partial charge on any atom is 0.238 e. The molecule has 2 N–H and O–H groups in total. The predicted molar refractivity (Wildman–Crippen MR) is 70.1 cm³/mol. The van der Waals surface area contributed by atoms with E-state index in [0.29, 0.717) is 5.56 Å². The molecule has 2 rings (SSSR count). The molecule has 1 aromatic carbocycles. The molecule has 4 nitrogen and oxygen atoms in total. The van der Waals surface area contributed by atoms with Crippen LogP contribution in [0.15, 0.2) is 23.1 Å². The molecule has 0 spiro atoms. The van der Waals surface area contributed by atoms with Crippen molar-refractivity contribution < 1.29 is 13.2 Å². The summed E-state index contributed by atoms with van der Waals surface area (Å²) in [4.78, 5) is 0.165. The van der Waals surface area contributed by atoms with Gasteiger partial charge in [-0.1, -0.05) is 6.42 Å². The zero-order chi connectivity index (χ0) is 13.2. The first-order chi connectivity index (χ1) is 8.47. The van der Waals surface area contributed by atoms with E-state index in [2.05, 4.69) is 0 Å². The van der Waals surface area contributed by atoms with Crippen LogP contribution in [0.25, 0.3) is 0 Å². The van der Waals surface area contributed by atoms with Crippen molar-refractivity contribution >= 4 is 10.0 Å². The van der Waals surface area contributed by atoms with Crippen LogP contribution in [0.4, 0.5) is 0 Å². The van der Waals surface area contributed by atoms with E-state index in [4.69, 9.17) is 9.88 Å². The Labute approximate surface area is 108 Å². The van der Waals surface area contributed by atoms with E-state index < -0.39 is 10.0 Å². The van der Waals surface area contributed by atoms with Crippen LogP contribution in [0.2, 0.25) is 0 Å². The second-order valence-electron chi connectivity index (χ2n) is 4.85. The lowest BCUT2D eigenvalue weighted by molar-refractivity contribution is 0.155. The number of nitrogens with two attached hydrogens (primary N) is 1. The Balaban J connectivity index is 2.13. The summed E-state index contributed by atoms with van der Waals surface area (Å²) in [6.45, 7) is 1.73. The van der Waals surface area contributed by atoms with Gasteiger partial charge >= 0.3 is 0 Å². The molecule has 1 saturated carbocycles. The maximum atomic E-state index is 11.3. The first-order valence-corrected chi connectivity index (χ1v) is 7.81. The van der Waals surface area contributed by atoms with Crippen LogP contribution in [-0.2, 0) is 10.0 Å². The third kappa shape index (κ3) is 3.23. The first kappa shape index (κ1) is 13.4. The van der Waals surface area contributed by atoms with E-state index in [1.807, 2.05) is 0 Å². The molecule has 1 fully saturated rings. The number of sulfonamides is 1. The fraction of sp³-hybridized carbons (Fsp3) is 0.538. The molecular formula is C13H19NO3S. The van der Waals surface area contributed by atoms with Gasteiger partial charge in [-0.15, -0.1) is 0 Å². The second-order valence-corrected chi connectivity index (χ2v) is 6.38. The summed E-state index contributed by atoms with van der Waals surface area (Å²) in [5, 5.41) is 5.12. The van der Waals surface area contributed by atoms with Gasteiger partial charge in [0.25, 0.3) is 0 Å². The fourth-order valence-electron chi connectivity index (χ4n) is 2.39. The number of hydrogen-bond acceptors (Lipinski definition) is 3.